The van der Waals surface area contributed by atoms with E-state index in [1.807, 2.05) is 0 Å². The molecule has 2 rings (SSSR count). The highest BCUT2D eigenvalue weighted by Gasteiger charge is 2.23. The first-order valence-corrected chi connectivity index (χ1v) is 4.68. The fourth-order valence-corrected chi connectivity index (χ4v) is 1.64. The number of aromatic hydroxyl groups is 1. The van der Waals surface area contributed by atoms with Crippen LogP contribution in [-0.2, 0) is 4.74 Å². The van der Waals surface area contributed by atoms with Gasteiger partial charge in [0.2, 0.25) is 0 Å². The number of rotatable bonds is 1. The van der Waals surface area contributed by atoms with Crippen molar-refractivity contribution in [3.05, 3.63) is 29.3 Å². The van der Waals surface area contributed by atoms with Gasteiger partial charge in [0.25, 0.3) is 0 Å². The lowest BCUT2D eigenvalue weighted by Crippen LogP contribution is -2.33. The predicted molar refractivity (Wildman–Crippen MR) is 49.6 cm³/mol. The van der Waals surface area contributed by atoms with Crippen LogP contribution in [0.25, 0.3) is 0 Å². The van der Waals surface area contributed by atoms with E-state index >= 15 is 0 Å². The van der Waals surface area contributed by atoms with Gasteiger partial charge in [-0.05, 0) is 0 Å². The van der Waals surface area contributed by atoms with Gasteiger partial charge in [-0.1, -0.05) is 0 Å². The van der Waals surface area contributed by atoms with Gasteiger partial charge in [-0.25, -0.2) is 8.78 Å². The number of benzene rings is 1. The lowest BCUT2D eigenvalue weighted by Gasteiger charge is -2.24. The summed E-state index contributed by atoms with van der Waals surface area (Å²) in [6, 6.07) is 1.63. The number of halogens is 2. The van der Waals surface area contributed by atoms with Gasteiger partial charge >= 0.3 is 0 Å². The molecule has 82 valence electrons. The third-order valence-corrected chi connectivity index (χ3v) is 2.32. The Bertz CT molecular complexity index is 341. The fourth-order valence-electron chi connectivity index (χ4n) is 1.64. The molecule has 3 nitrogen and oxygen atoms in total. The molecule has 15 heavy (non-hydrogen) atoms. The zero-order chi connectivity index (χ0) is 10.8. The zero-order valence-corrected chi connectivity index (χ0v) is 7.96. The van der Waals surface area contributed by atoms with Crippen LogP contribution in [0.4, 0.5) is 8.78 Å². The average Bonchev–Trinajstić information content (AvgIpc) is 2.17. The number of phenolic OH excluding ortho intramolecular Hbond substituents is 1. The molecule has 0 radical (unpaired) electrons. The van der Waals surface area contributed by atoms with Crippen LogP contribution in [0, 0.1) is 11.6 Å². The van der Waals surface area contributed by atoms with Crippen molar-refractivity contribution in [1.29, 1.82) is 0 Å². The maximum Gasteiger partial charge on any atom is 0.135 e. The van der Waals surface area contributed by atoms with Crippen LogP contribution in [-0.4, -0.2) is 24.8 Å². The zero-order valence-electron chi connectivity index (χ0n) is 7.96. The van der Waals surface area contributed by atoms with Gasteiger partial charge in [0.05, 0.1) is 12.2 Å². The Morgan fingerprint density at radius 1 is 1.40 bits per heavy atom. The highest BCUT2D eigenvalue weighted by atomic mass is 19.1. The Balaban J connectivity index is 2.33. The number of nitrogens with one attached hydrogen (secondary N) is 1. The van der Waals surface area contributed by atoms with E-state index in [1.54, 1.807) is 0 Å². The quantitative estimate of drug-likeness (QED) is 0.742. The first-order valence-electron chi connectivity index (χ1n) is 4.68. The normalized spacial score (nSPS) is 21.6. The summed E-state index contributed by atoms with van der Waals surface area (Å²) in [4.78, 5) is 0. The van der Waals surface area contributed by atoms with Crippen molar-refractivity contribution >= 4 is 0 Å². The minimum Gasteiger partial charge on any atom is -0.507 e. The van der Waals surface area contributed by atoms with E-state index in [9.17, 15) is 13.9 Å². The molecule has 0 spiro atoms. The lowest BCUT2D eigenvalue weighted by molar-refractivity contribution is 0.0240. The van der Waals surface area contributed by atoms with Crippen molar-refractivity contribution in [2.24, 2.45) is 0 Å². The van der Waals surface area contributed by atoms with Crippen LogP contribution in [0.3, 0.4) is 0 Å². The number of ether oxygens (including phenoxy) is 1. The van der Waals surface area contributed by atoms with Crippen LogP contribution in [0.15, 0.2) is 12.1 Å². The maximum absolute atomic E-state index is 13.4. The monoisotopic (exact) mass is 215 g/mol. The number of morpholine rings is 1. The molecule has 2 N–H and O–H groups in total. The minimum absolute atomic E-state index is 0.0172. The molecular formula is C10H11F2NO2. The maximum atomic E-state index is 13.4. The van der Waals surface area contributed by atoms with Crippen molar-refractivity contribution in [3.8, 4) is 5.75 Å². The molecule has 1 heterocycles. The SMILES string of the molecule is Oc1cc(F)cc(F)c1C1CNCCO1. The van der Waals surface area contributed by atoms with Gasteiger partial charge in [0, 0.05) is 25.2 Å². The first-order chi connectivity index (χ1) is 7.18. The third kappa shape index (κ3) is 2.08. The summed E-state index contributed by atoms with van der Waals surface area (Å²) in [7, 11) is 0. The molecule has 1 atom stereocenters. The molecule has 1 aromatic carbocycles. The molecule has 0 aliphatic carbocycles. The summed E-state index contributed by atoms with van der Waals surface area (Å²) in [6.45, 7) is 1.55. The number of hydrogen-bond donors (Lipinski definition) is 2. The summed E-state index contributed by atoms with van der Waals surface area (Å²) < 4.78 is 31.4. The smallest absolute Gasteiger partial charge is 0.135 e. The molecule has 1 aliphatic rings. The summed E-state index contributed by atoms with van der Waals surface area (Å²) in [5, 5.41) is 12.4. The van der Waals surface area contributed by atoms with E-state index in [-0.39, 0.29) is 5.56 Å². The highest BCUT2D eigenvalue weighted by Crippen LogP contribution is 2.30. The number of phenols is 1. The molecule has 1 unspecified atom stereocenters. The average molecular weight is 215 g/mol. The summed E-state index contributed by atoms with van der Waals surface area (Å²) in [6.07, 6.45) is -0.556. The second-order valence-corrected chi connectivity index (χ2v) is 3.38. The van der Waals surface area contributed by atoms with Gasteiger partial charge in [0.15, 0.2) is 0 Å². The molecular weight excluding hydrogens is 204 g/mol. The number of hydrogen-bond acceptors (Lipinski definition) is 3. The molecule has 1 aromatic rings. The Kier molecular flexibility index (Phi) is 2.83. The Labute approximate surface area is 85.7 Å². The van der Waals surface area contributed by atoms with E-state index in [0.717, 1.165) is 12.1 Å². The molecule has 1 fully saturated rings. The predicted octanol–water partition coefficient (Wildman–Crippen LogP) is 1.33. The lowest BCUT2D eigenvalue weighted by atomic mass is 10.1. The second-order valence-electron chi connectivity index (χ2n) is 3.38. The Morgan fingerprint density at radius 2 is 2.20 bits per heavy atom. The largest absolute Gasteiger partial charge is 0.507 e. The van der Waals surface area contributed by atoms with Crippen molar-refractivity contribution in [2.45, 2.75) is 6.10 Å². The molecule has 1 aliphatic heterocycles. The molecule has 5 heteroatoms. The van der Waals surface area contributed by atoms with Crippen LogP contribution in [0.5, 0.6) is 5.75 Å². The Hall–Kier alpha value is -1.20. The van der Waals surface area contributed by atoms with Gasteiger partial charge < -0.3 is 15.2 Å². The summed E-state index contributed by atoms with van der Waals surface area (Å²) in [5.74, 6) is -1.97. The van der Waals surface area contributed by atoms with E-state index in [2.05, 4.69) is 5.32 Å². The molecule has 0 saturated carbocycles. The first kappa shape index (κ1) is 10.3. The third-order valence-electron chi connectivity index (χ3n) is 2.32. The van der Waals surface area contributed by atoms with Crippen molar-refractivity contribution in [3.63, 3.8) is 0 Å². The van der Waals surface area contributed by atoms with E-state index in [1.165, 1.54) is 0 Å². The van der Waals surface area contributed by atoms with Crippen molar-refractivity contribution in [2.75, 3.05) is 19.7 Å². The second kappa shape index (κ2) is 4.12. The van der Waals surface area contributed by atoms with E-state index in [0.29, 0.717) is 19.7 Å². The van der Waals surface area contributed by atoms with Gasteiger partial charge in [-0.15, -0.1) is 0 Å². The molecule has 0 amide bonds. The van der Waals surface area contributed by atoms with Gasteiger partial charge in [-0.2, -0.15) is 0 Å². The topological polar surface area (TPSA) is 41.5 Å². The van der Waals surface area contributed by atoms with Crippen LogP contribution in [0.1, 0.15) is 11.7 Å². The van der Waals surface area contributed by atoms with E-state index < -0.39 is 23.5 Å². The highest BCUT2D eigenvalue weighted by molar-refractivity contribution is 5.36. The van der Waals surface area contributed by atoms with Crippen molar-refractivity contribution in [1.82, 2.24) is 5.32 Å². The fraction of sp³-hybridized carbons (Fsp3) is 0.400. The summed E-state index contributed by atoms with van der Waals surface area (Å²) >= 11 is 0. The van der Waals surface area contributed by atoms with E-state index in [4.69, 9.17) is 4.74 Å². The standard InChI is InChI=1S/C10H11F2NO2/c11-6-3-7(12)10(8(14)4-6)9-5-13-1-2-15-9/h3-4,9,13-14H,1-2,5H2. The molecule has 0 bridgehead atoms. The minimum atomic E-state index is -0.794. The molecule has 1 saturated heterocycles. The van der Waals surface area contributed by atoms with Crippen LogP contribution >= 0.6 is 0 Å². The van der Waals surface area contributed by atoms with Gasteiger partial charge in [-0.3, -0.25) is 0 Å². The van der Waals surface area contributed by atoms with Gasteiger partial charge in [0.1, 0.15) is 23.5 Å². The summed E-state index contributed by atoms with van der Waals surface area (Å²) in [5.41, 5.74) is 0.0172. The van der Waals surface area contributed by atoms with Crippen molar-refractivity contribution < 1.29 is 18.6 Å². The molecule has 0 aromatic heterocycles. The Morgan fingerprint density at radius 3 is 2.80 bits per heavy atom. The van der Waals surface area contributed by atoms with Crippen LogP contribution in [0.2, 0.25) is 0 Å². The van der Waals surface area contributed by atoms with Crippen LogP contribution < -0.4 is 5.32 Å².